The molecule has 1 N–H and O–H groups in total. The van der Waals surface area contributed by atoms with Gasteiger partial charge in [-0.05, 0) is 42.0 Å². The molecule has 1 heterocycles. The van der Waals surface area contributed by atoms with Crippen LogP contribution in [-0.2, 0) is 21.1 Å². The molecule has 140 valence electrons. The van der Waals surface area contributed by atoms with Crippen molar-refractivity contribution in [2.75, 3.05) is 11.1 Å². The largest absolute Gasteiger partial charge is 0.301 e. The zero-order valence-electron chi connectivity index (χ0n) is 13.9. The minimum Gasteiger partial charge on any atom is -0.301 e. The topological polar surface area (TPSA) is 76.1 Å². The molecule has 0 saturated carbocycles. The van der Waals surface area contributed by atoms with E-state index >= 15 is 0 Å². The summed E-state index contributed by atoms with van der Waals surface area (Å²) < 4.78 is 37.5. The summed E-state index contributed by atoms with van der Waals surface area (Å²) in [5.41, 5.74) is 0.906. The number of carbonyl (C=O) groups excluding carboxylic acids is 1. The van der Waals surface area contributed by atoms with Crippen LogP contribution in [0.5, 0.6) is 0 Å². The zero-order chi connectivity index (χ0) is 19.4. The number of hydrogen-bond donors (Lipinski definition) is 1. The average Bonchev–Trinajstić information content (AvgIpc) is 3.03. The van der Waals surface area contributed by atoms with Crippen molar-refractivity contribution in [2.45, 2.75) is 11.3 Å². The van der Waals surface area contributed by atoms with Crippen molar-refractivity contribution in [3.05, 3.63) is 76.0 Å². The first-order chi connectivity index (χ1) is 12.8. The SMILES string of the molecule is O=C(CS(=O)(=O)c1ccc(Cl)cc1)Nc1ncc(Cc2ccc(F)cc2)s1. The highest BCUT2D eigenvalue weighted by atomic mass is 35.5. The van der Waals surface area contributed by atoms with E-state index in [2.05, 4.69) is 10.3 Å². The van der Waals surface area contributed by atoms with Crippen LogP contribution in [0.25, 0.3) is 0 Å². The third kappa shape index (κ3) is 5.35. The first-order valence-corrected chi connectivity index (χ1v) is 10.6. The maximum absolute atomic E-state index is 12.9. The number of thiazole rings is 1. The summed E-state index contributed by atoms with van der Waals surface area (Å²) in [6.07, 6.45) is 2.13. The van der Waals surface area contributed by atoms with E-state index in [4.69, 9.17) is 11.6 Å². The van der Waals surface area contributed by atoms with Crippen LogP contribution < -0.4 is 5.32 Å². The van der Waals surface area contributed by atoms with Crippen LogP contribution in [0.15, 0.2) is 59.6 Å². The van der Waals surface area contributed by atoms with Gasteiger partial charge in [-0.3, -0.25) is 4.79 Å². The Labute approximate surface area is 164 Å². The van der Waals surface area contributed by atoms with E-state index in [9.17, 15) is 17.6 Å². The predicted molar refractivity (Wildman–Crippen MR) is 103 cm³/mol. The number of rotatable bonds is 6. The van der Waals surface area contributed by atoms with Crippen molar-refractivity contribution in [1.82, 2.24) is 4.98 Å². The first-order valence-electron chi connectivity index (χ1n) is 7.79. The second-order valence-corrected chi connectivity index (χ2v) is 9.24. The van der Waals surface area contributed by atoms with Gasteiger partial charge in [-0.1, -0.05) is 23.7 Å². The van der Waals surface area contributed by atoms with Gasteiger partial charge in [-0.25, -0.2) is 17.8 Å². The smallest absolute Gasteiger partial charge is 0.241 e. The summed E-state index contributed by atoms with van der Waals surface area (Å²) in [6, 6.07) is 11.7. The number of aromatic nitrogens is 1. The zero-order valence-corrected chi connectivity index (χ0v) is 16.2. The summed E-state index contributed by atoms with van der Waals surface area (Å²) in [6.45, 7) is 0. The third-order valence-corrected chi connectivity index (χ3v) is 6.38. The lowest BCUT2D eigenvalue weighted by Gasteiger charge is -2.04. The number of hydrogen-bond acceptors (Lipinski definition) is 5. The molecule has 0 fully saturated rings. The molecule has 0 aliphatic carbocycles. The molecule has 3 rings (SSSR count). The predicted octanol–water partition coefficient (Wildman–Crippen LogP) is 3.94. The molecule has 1 aromatic heterocycles. The van der Waals surface area contributed by atoms with E-state index in [1.165, 1.54) is 47.7 Å². The lowest BCUT2D eigenvalue weighted by atomic mass is 10.1. The van der Waals surface area contributed by atoms with E-state index in [0.29, 0.717) is 16.6 Å². The second kappa shape index (κ2) is 8.16. The van der Waals surface area contributed by atoms with Crippen LogP contribution in [0, 0.1) is 5.82 Å². The molecular weight excluding hydrogens is 411 g/mol. The molecule has 1 amide bonds. The Hall–Kier alpha value is -2.29. The summed E-state index contributed by atoms with van der Waals surface area (Å²) in [5, 5.41) is 3.22. The van der Waals surface area contributed by atoms with Gasteiger partial charge in [-0.2, -0.15) is 0 Å². The Bertz CT molecular complexity index is 1050. The molecule has 27 heavy (non-hydrogen) atoms. The average molecular weight is 425 g/mol. The van der Waals surface area contributed by atoms with Crippen LogP contribution in [0.2, 0.25) is 5.02 Å². The van der Waals surface area contributed by atoms with Gasteiger partial charge in [0, 0.05) is 22.5 Å². The molecular formula is C18H14ClFN2O3S2. The van der Waals surface area contributed by atoms with E-state index in [0.717, 1.165) is 10.4 Å². The number of sulfone groups is 1. The molecule has 3 aromatic rings. The maximum atomic E-state index is 12.9. The van der Waals surface area contributed by atoms with E-state index < -0.39 is 21.5 Å². The highest BCUT2D eigenvalue weighted by Gasteiger charge is 2.20. The van der Waals surface area contributed by atoms with Gasteiger partial charge in [0.15, 0.2) is 15.0 Å². The van der Waals surface area contributed by atoms with E-state index in [-0.39, 0.29) is 10.7 Å². The number of anilines is 1. The van der Waals surface area contributed by atoms with Crippen molar-refractivity contribution < 1.29 is 17.6 Å². The quantitative estimate of drug-likeness (QED) is 0.650. The van der Waals surface area contributed by atoms with E-state index in [1.807, 2.05) is 0 Å². The van der Waals surface area contributed by atoms with Gasteiger partial charge < -0.3 is 5.32 Å². The van der Waals surface area contributed by atoms with Gasteiger partial charge in [0.05, 0.1) is 4.90 Å². The number of nitrogens with zero attached hydrogens (tertiary/aromatic N) is 1. The van der Waals surface area contributed by atoms with Gasteiger partial charge >= 0.3 is 0 Å². The van der Waals surface area contributed by atoms with Crippen LogP contribution in [-0.4, -0.2) is 25.1 Å². The molecule has 0 atom stereocenters. The van der Waals surface area contributed by atoms with Crippen molar-refractivity contribution in [3.63, 3.8) is 0 Å². The summed E-state index contributed by atoms with van der Waals surface area (Å²) in [5.74, 6) is -1.67. The van der Waals surface area contributed by atoms with Gasteiger partial charge in [0.25, 0.3) is 0 Å². The van der Waals surface area contributed by atoms with Crippen molar-refractivity contribution in [3.8, 4) is 0 Å². The Kier molecular flexibility index (Phi) is 5.88. The minimum atomic E-state index is -3.77. The Morgan fingerprint density at radius 2 is 1.78 bits per heavy atom. The van der Waals surface area contributed by atoms with Gasteiger partial charge in [0.1, 0.15) is 11.6 Å². The molecule has 9 heteroatoms. The molecule has 0 radical (unpaired) electrons. The molecule has 5 nitrogen and oxygen atoms in total. The molecule has 0 bridgehead atoms. The monoisotopic (exact) mass is 424 g/mol. The van der Waals surface area contributed by atoms with E-state index in [1.54, 1.807) is 18.3 Å². The minimum absolute atomic E-state index is 0.0261. The fraction of sp³-hybridized carbons (Fsp3) is 0.111. The summed E-state index contributed by atoms with van der Waals surface area (Å²) in [4.78, 5) is 17.1. The van der Waals surface area contributed by atoms with Crippen molar-refractivity contribution >= 4 is 43.8 Å². The number of amides is 1. The Morgan fingerprint density at radius 1 is 1.11 bits per heavy atom. The number of nitrogens with one attached hydrogen (secondary N) is 1. The molecule has 0 spiro atoms. The van der Waals surface area contributed by atoms with Gasteiger partial charge in [-0.15, -0.1) is 11.3 Å². The Balaban J connectivity index is 1.62. The molecule has 2 aromatic carbocycles. The first kappa shape index (κ1) is 19.5. The summed E-state index contributed by atoms with van der Waals surface area (Å²) >= 11 is 6.98. The van der Waals surface area contributed by atoms with Gasteiger partial charge in [0.2, 0.25) is 5.91 Å². The maximum Gasteiger partial charge on any atom is 0.241 e. The number of benzene rings is 2. The highest BCUT2D eigenvalue weighted by molar-refractivity contribution is 7.92. The molecule has 0 aliphatic heterocycles. The molecule has 0 aliphatic rings. The molecule has 0 saturated heterocycles. The summed E-state index contributed by atoms with van der Waals surface area (Å²) in [7, 11) is -3.77. The Morgan fingerprint density at radius 3 is 2.44 bits per heavy atom. The standard InChI is InChI=1S/C18H14ClFN2O3S2/c19-13-3-7-16(8-4-13)27(24,25)11-17(23)22-18-21-10-15(26-18)9-12-1-5-14(20)6-2-12/h1-8,10H,9,11H2,(H,21,22,23). The lowest BCUT2D eigenvalue weighted by molar-refractivity contribution is -0.113. The fourth-order valence-corrected chi connectivity index (χ4v) is 4.43. The molecule has 0 unspecified atom stereocenters. The number of carbonyl (C=O) groups is 1. The number of halogens is 2. The van der Waals surface area contributed by atoms with Crippen LogP contribution in [0.4, 0.5) is 9.52 Å². The van der Waals surface area contributed by atoms with Crippen LogP contribution in [0.1, 0.15) is 10.4 Å². The van der Waals surface area contributed by atoms with Crippen molar-refractivity contribution in [1.29, 1.82) is 0 Å². The highest BCUT2D eigenvalue weighted by Crippen LogP contribution is 2.22. The third-order valence-electron chi connectivity index (χ3n) is 3.59. The van der Waals surface area contributed by atoms with Crippen LogP contribution >= 0.6 is 22.9 Å². The fourth-order valence-electron chi connectivity index (χ4n) is 2.30. The normalized spacial score (nSPS) is 11.3. The van der Waals surface area contributed by atoms with Crippen molar-refractivity contribution in [2.24, 2.45) is 0 Å². The lowest BCUT2D eigenvalue weighted by Crippen LogP contribution is -2.22. The van der Waals surface area contributed by atoms with Crippen LogP contribution in [0.3, 0.4) is 0 Å². The second-order valence-electron chi connectivity index (χ2n) is 5.70.